The second-order valence-corrected chi connectivity index (χ2v) is 7.48. The van der Waals surface area contributed by atoms with Crippen LogP contribution < -0.4 is 0 Å². The maximum Gasteiger partial charge on any atom is 0.679 e. The molecule has 1 heterocycles. The Morgan fingerprint density at radius 3 is 2.10 bits per heavy atom. The maximum absolute atomic E-state index is 5.93. The van der Waals surface area contributed by atoms with Crippen LogP contribution in [0.3, 0.4) is 0 Å². The van der Waals surface area contributed by atoms with Gasteiger partial charge in [-0.3, -0.25) is 0 Å². The van der Waals surface area contributed by atoms with Gasteiger partial charge in [0.15, 0.2) is 0 Å². The third-order valence-corrected chi connectivity index (χ3v) is 6.37. The van der Waals surface area contributed by atoms with E-state index in [2.05, 4.69) is 0 Å². The summed E-state index contributed by atoms with van der Waals surface area (Å²) in [7, 11) is -2.92. The fourth-order valence-corrected chi connectivity index (χ4v) is 4.81. The van der Waals surface area contributed by atoms with Crippen molar-refractivity contribution in [1.82, 2.24) is 0 Å². The molecule has 0 bridgehead atoms. The Morgan fingerprint density at radius 1 is 0.900 bits per heavy atom. The second-order valence-electron chi connectivity index (χ2n) is 5.33. The summed E-state index contributed by atoms with van der Waals surface area (Å²) in [5.74, 6) is 0.704. The number of hydrogen-bond donors (Lipinski definition) is 0. The van der Waals surface area contributed by atoms with Crippen molar-refractivity contribution in [2.24, 2.45) is 5.92 Å². The summed E-state index contributed by atoms with van der Waals surface area (Å²) in [4.78, 5) is 0. The van der Waals surface area contributed by atoms with Crippen LogP contribution in [0.5, 0.6) is 0 Å². The van der Waals surface area contributed by atoms with E-state index in [0.717, 1.165) is 6.42 Å². The molecule has 1 saturated carbocycles. The molecule has 20 heavy (non-hydrogen) atoms. The molecule has 2 aliphatic rings. The first kappa shape index (κ1) is 16.4. The minimum Gasteiger partial charge on any atom is -0.370 e. The largest absolute Gasteiger partial charge is 0.679 e. The van der Waals surface area contributed by atoms with E-state index in [9.17, 15) is 0 Å². The van der Waals surface area contributed by atoms with Gasteiger partial charge >= 0.3 is 9.05 Å². The number of rotatable bonds is 10. The van der Waals surface area contributed by atoms with E-state index in [1.165, 1.54) is 19.3 Å². The molecule has 2 rings (SSSR count). The summed E-state index contributed by atoms with van der Waals surface area (Å²) in [5.41, 5.74) is 0. The Balaban J connectivity index is 1.74. The monoisotopic (exact) mass is 304 g/mol. The third kappa shape index (κ3) is 4.51. The highest BCUT2D eigenvalue weighted by molar-refractivity contribution is 6.53. The third-order valence-electron chi connectivity index (χ3n) is 3.88. The molecule has 0 spiro atoms. The lowest BCUT2D eigenvalue weighted by Crippen LogP contribution is -2.49. The first-order valence-electron chi connectivity index (χ1n) is 7.94. The molecule has 3 atom stereocenters. The number of ether oxygens (including phenoxy) is 1. The Hall–Kier alpha value is 0.0169. The van der Waals surface area contributed by atoms with Gasteiger partial charge in [-0.25, -0.2) is 0 Å². The van der Waals surface area contributed by atoms with Crippen molar-refractivity contribution >= 4 is 9.05 Å². The SMILES string of the molecule is CCO[Si](OCC)(OCC)OCCC1CCC2OC2C1. The van der Waals surface area contributed by atoms with Crippen LogP contribution in [0.15, 0.2) is 0 Å². The van der Waals surface area contributed by atoms with Crippen molar-refractivity contribution in [3.63, 3.8) is 0 Å². The van der Waals surface area contributed by atoms with E-state index >= 15 is 0 Å². The van der Waals surface area contributed by atoms with Gasteiger partial charge in [0.1, 0.15) is 0 Å². The van der Waals surface area contributed by atoms with Gasteiger partial charge in [-0.2, -0.15) is 0 Å². The van der Waals surface area contributed by atoms with Gasteiger partial charge in [0.25, 0.3) is 0 Å². The zero-order valence-corrected chi connectivity index (χ0v) is 13.9. The van der Waals surface area contributed by atoms with E-state index < -0.39 is 9.05 Å². The molecular weight excluding hydrogens is 276 g/mol. The fraction of sp³-hybridized carbons (Fsp3) is 1.00. The first-order valence-corrected chi connectivity index (χ1v) is 9.57. The lowest BCUT2D eigenvalue weighted by atomic mass is 9.87. The minimum atomic E-state index is -2.92. The van der Waals surface area contributed by atoms with E-state index in [4.69, 9.17) is 22.4 Å². The maximum atomic E-state index is 5.93. The number of fused-ring (bicyclic) bond motifs is 1. The molecule has 1 saturated heterocycles. The van der Waals surface area contributed by atoms with Gasteiger partial charge < -0.3 is 22.4 Å². The molecule has 5 nitrogen and oxygen atoms in total. The molecule has 118 valence electrons. The Bertz CT molecular complexity index is 272. The lowest BCUT2D eigenvalue weighted by molar-refractivity contribution is -0.0299. The molecule has 2 fully saturated rings. The van der Waals surface area contributed by atoms with Crippen molar-refractivity contribution < 1.29 is 22.4 Å². The average molecular weight is 304 g/mol. The molecular formula is C14H28O5Si. The van der Waals surface area contributed by atoms with Crippen LogP contribution in [0.25, 0.3) is 0 Å². The van der Waals surface area contributed by atoms with Crippen molar-refractivity contribution in [3.8, 4) is 0 Å². The highest BCUT2D eigenvalue weighted by Crippen LogP contribution is 2.40. The summed E-state index contributed by atoms with van der Waals surface area (Å²) < 4.78 is 28.5. The molecule has 0 aromatic rings. The average Bonchev–Trinajstić information content (AvgIpc) is 3.18. The zero-order valence-electron chi connectivity index (χ0n) is 12.9. The lowest BCUT2D eigenvalue weighted by Gasteiger charge is -2.28. The van der Waals surface area contributed by atoms with E-state index in [-0.39, 0.29) is 0 Å². The predicted octanol–water partition coefficient (Wildman–Crippen LogP) is 2.51. The van der Waals surface area contributed by atoms with Crippen LogP contribution in [-0.2, 0) is 22.4 Å². The molecule has 6 heteroatoms. The van der Waals surface area contributed by atoms with Gasteiger partial charge in [0.05, 0.1) is 12.2 Å². The normalized spacial score (nSPS) is 29.2. The quantitative estimate of drug-likeness (QED) is 0.458. The van der Waals surface area contributed by atoms with Crippen LogP contribution in [-0.4, -0.2) is 47.7 Å². The van der Waals surface area contributed by atoms with Crippen molar-refractivity contribution in [3.05, 3.63) is 0 Å². The highest BCUT2D eigenvalue weighted by atomic mass is 28.4. The van der Waals surface area contributed by atoms with Gasteiger partial charge in [-0.05, 0) is 52.4 Å². The summed E-state index contributed by atoms with van der Waals surface area (Å²) >= 11 is 0. The molecule has 1 aliphatic carbocycles. The Kier molecular flexibility index (Phi) is 6.44. The Labute approximate surface area is 123 Å². The van der Waals surface area contributed by atoms with Crippen LogP contribution in [0.2, 0.25) is 0 Å². The van der Waals surface area contributed by atoms with Gasteiger partial charge in [-0.15, -0.1) is 0 Å². The molecule has 0 aromatic heterocycles. The van der Waals surface area contributed by atoms with Gasteiger partial charge in [0.2, 0.25) is 0 Å². The Morgan fingerprint density at radius 2 is 1.55 bits per heavy atom. The zero-order chi connectivity index (χ0) is 14.4. The molecule has 0 aromatic carbocycles. The second kappa shape index (κ2) is 7.86. The fourth-order valence-electron chi connectivity index (χ4n) is 2.88. The van der Waals surface area contributed by atoms with E-state index in [0.29, 0.717) is 44.6 Å². The van der Waals surface area contributed by atoms with Crippen LogP contribution in [0.4, 0.5) is 0 Å². The highest BCUT2D eigenvalue weighted by Gasteiger charge is 2.46. The van der Waals surface area contributed by atoms with Crippen molar-refractivity contribution in [2.45, 2.75) is 58.7 Å². The van der Waals surface area contributed by atoms with Crippen LogP contribution in [0, 0.1) is 5.92 Å². The molecule has 1 aliphatic heterocycles. The molecule has 3 unspecified atom stereocenters. The van der Waals surface area contributed by atoms with E-state index in [1.54, 1.807) is 0 Å². The van der Waals surface area contributed by atoms with Crippen LogP contribution >= 0.6 is 0 Å². The first-order chi connectivity index (χ1) is 9.73. The summed E-state index contributed by atoms with van der Waals surface area (Å²) in [6.45, 7) is 8.11. The van der Waals surface area contributed by atoms with Crippen molar-refractivity contribution in [1.29, 1.82) is 0 Å². The van der Waals surface area contributed by atoms with E-state index in [1.807, 2.05) is 20.8 Å². The smallest absolute Gasteiger partial charge is 0.370 e. The molecule has 0 N–H and O–H groups in total. The summed E-state index contributed by atoms with van der Waals surface area (Å²) in [6, 6.07) is 0. The summed E-state index contributed by atoms with van der Waals surface area (Å²) in [6.07, 6.45) is 5.77. The van der Waals surface area contributed by atoms with Gasteiger partial charge in [-0.1, -0.05) is 0 Å². The molecule has 0 radical (unpaired) electrons. The number of hydrogen-bond acceptors (Lipinski definition) is 5. The van der Waals surface area contributed by atoms with Gasteiger partial charge in [0, 0.05) is 26.4 Å². The minimum absolute atomic E-state index is 0.529. The topological polar surface area (TPSA) is 49.5 Å². The predicted molar refractivity (Wildman–Crippen MR) is 77.2 cm³/mol. The molecule has 0 amide bonds. The summed E-state index contributed by atoms with van der Waals surface area (Å²) in [5, 5.41) is 0. The van der Waals surface area contributed by atoms with Crippen molar-refractivity contribution in [2.75, 3.05) is 26.4 Å². The standard InChI is InChI=1S/C14H28O5Si/c1-4-15-20(16-5-2,17-6-3)18-10-9-12-7-8-13-14(11-12)19-13/h12-14H,4-11H2,1-3H3. The van der Waals surface area contributed by atoms with Crippen LogP contribution in [0.1, 0.15) is 46.5 Å². The number of epoxide rings is 1.